The van der Waals surface area contributed by atoms with Crippen molar-refractivity contribution in [3.8, 4) is 0 Å². The second-order valence-corrected chi connectivity index (χ2v) is 7.14. The molecule has 2 aromatic rings. The van der Waals surface area contributed by atoms with Gasteiger partial charge in [0, 0.05) is 49.8 Å². The minimum absolute atomic E-state index is 0.753. The maximum atomic E-state index is 5.72. The van der Waals surface area contributed by atoms with E-state index in [0.29, 0.717) is 0 Å². The Morgan fingerprint density at radius 3 is 2.54 bits per heavy atom. The fraction of sp³-hybridized carbons (Fsp3) is 0.600. The molecule has 1 aliphatic rings. The van der Waals surface area contributed by atoms with Crippen molar-refractivity contribution in [3.05, 3.63) is 35.0 Å². The molecule has 0 atom stereocenters. The Bertz CT molecular complexity index is 668. The van der Waals surface area contributed by atoms with Gasteiger partial charge in [-0.25, -0.2) is 0 Å². The topological polar surface area (TPSA) is 46.2 Å². The van der Waals surface area contributed by atoms with Crippen LogP contribution in [0.15, 0.2) is 18.3 Å². The molecule has 1 saturated heterocycles. The van der Waals surface area contributed by atoms with E-state index in [2.05, 4.69) is 47.0 Å². The van der Waals surface area contributed by atoms with Crippen LogP contribution in [0.2, 0.25) is 0 Å². The Labute approximate surface area is 146 Å². The second-order valence-electron chi connectivity index (χ2n) is 7.14. The third-order valence-corrected chi connectivity index (χ3v) is 5.31. The van der Waals surface area contributed by atoms with Crippen LogP contribution in [0.1, 0.15) is 29.5 Å². The lowest BCUT2D eigenvalue weighted by atomic mass is 10.0. The van der Waals surface area contributed by atoms with Gasteiger partial charge in [-0.05, 0) is 75.0 Å². The second kappa shape index (κ2) is 8.15. The van der Waals surface area contributed by atoms with Crippen molar-refractivity contribution in [2.45, 2.75) is 39.7 Å². The molecule has 0 spiro atoms. The Morgan fingerprint density at radius 2 is 1.79 bits per heavy atom. The van der Waals surface area contributed by atoms with Crippen LogP contribution in [0.25, 0.3) is 10.9 Å². The molecule has 1 aromatic heterocycles. The summed E-state index contributed by atoms with van der Waals surface area (Å²) in [5.41, 5.74) is 11.4. The molecule has 0 amide bonds. The van der Waals surface area contributed by atoms with Crippen LogP contribution in [0.3, 0.4) is 0 Å². The average molecular weight is 329 g/mol. The van der Waals surface area contributed by atoms with Crippen LogP contribution in [0, 0.1) is 13.8 Å². The zero-order valence-corrected chi connectivity index (χ0v) is 15.3. The van der Waals surface area contributed by atoms with Gasteiger partial charge in [-0.3, -0.25) is 0 Å². The molecule has 0 radical (unpaired) electrons. The summed E-state index contributed by atoms with van der Waals surface area (Å²) >= 11 is 0. The van der Waals surface area contributed by atoms with E-state index in [0.717, 1.165) is 32.6 Å². The van der Waals surface area contributed by atoms with Crippen molar-refractivity contribution in [2.24, 2.45) is 5.73 Å². The zero-order chi connectivity index (χ0) is 16.9. The van der Waals surface area contributed by atoms with E-state index in [1.165, 1.54) is 60.1 Å². The van der Waals surface area contributed by atoms with Gasteiger partial charge in [-0.2, -0.15) is 0 Å². The Hall–Kier alpha value is -1.36. The highest BCUT2D eigenvalue weighted by Crippen LogP contribution is 2.26. The number of hydrogen-bond acceptors (Lipinski definition) is 3. The standard InChI is InChI=1S/C20H32N4/c1-16-13-19-18(5-3-9-23-11-7-22-8-12-23)15-24(10-4-6-21)20(19)14-17(16)2/h13-15,22H,3-12,21H2,1-2H3. The lowest BCUT2D eigenvalue weighted by Crippen LogP contribution is -2.43. The lowest BCUT2D eigenvalue weighted by Gasteiger charge is -2.26. The Balaban J connectivity index is 1.74. The first-order valence-electron chi connectivity index (χ1n) is 9.41. The third-order valence-electron chi connectivity index (χ3n) is 5.31. The number of rotatable bonds is 7. The summed E-state index contributed by atoms with van der Waals surface area (Å²) in [6.45, 7) is 12.1. The molecule has 0 unspecified atom stereocenters. The lowest BCUT2D eigenvalue weighted by molar-refractivity contribution is 0.238. The van der Waals surface area contributed by atoms with Crippen LogP contribution in [-0.4, -0.2) is 48.7 Å². The average Bonchev–Trinajstić information content (AvgIpc) is 2.91. The quantitative estimate of drug-likeness (QED) is 0.821. The first-order valence-corrected chi connectivity index (χ1v) is 9.41. The minimum Gasteiger partial charge on any atom is -0.347 e. The molecule has 1 aromatic carbocycles. The highest BCUT2D eigenvalue weighted by Gasteiger charge is 2.12. The predicted molar refractivity (Wildman–Crippen MR) is 103 cm³/mol. The Kier molecular flexibility index (Phi) is 5.93. The number of piperazine rings is 1. The van der Waals surface area contributed by atoms with Gasteiger partial charge in [0.2, 0.25) is 0 Å². The van der Waals surface area contributed by atoms with Gasteiger partial charge in [0.15, 0.2) is 0 Å². The normalized spacial score (nSPS) is 16.1. The van der Waals surface area contributed by atoms with Gasteiger partial charge in [0.05, 0.1) is 0 Å². The van der Waals surface area contributed by atoms with Crippen LogP contribution in [-0.2, 0) is 13.0 Å². The van der Waals surface area contributed by atoms with E-state index in [4.69, 9.17) is 5.73 Å². The molecule has 2 heterocycles. The largest absolute Gasteiger partial charge is 0.347 e. The first kappa shape index (κ1) is 17.5. The number of nitrogens with two attached hydrogens (primary N) is 1. The molecule has 4 heteroatoms. The van der Waals surface area contributed by atoms with E-state index in [9.17, 15) is 0 Å². The molecule has 3 rings (SSSR count). The molecule has 4 nitrogen and oxygen atoms in total. The minimum atomic E-state index is 0.753. The number of aromatic nitrogens is 1. The van der Waals surface area contributed by atoms with Crippen molar-refractivity contribution in [1.29, 1.82) is 0 Å². The molecule has 0 bridgehead atoms. The van der Waals surface area contributed by atoms with E-state index >= 15 is 0 Å². The highest BCUT2D eigenvalue weighted by atomic mass is 15.2. The van der Waals surface area contributed by atoms with Crippen molar-refractivity contribution in [3.63, 3.8) is 0 Å². The smallest absolute Gasteiger partial charge is 0.0486 e. The molecule has 0 aliphatic carbocycles. The monoisotopic (exact) mass is 328 g/mol. The summed E-state index contributed by atoms with van der Waals surface area (Å²) in [7, 11) is 0. The summed E-state index contributed by atoms with van der Waals surface area (Å²) in [6.07, 6.45) is 5.81. The van der Waals surface area contributed by atoms with Gasteiger partial charge >= 0.3 is 0 Å². The van der Waals surface area contributed by atoms with Crippen molar-refractivity contribution >= 4 is 10.9 Å². The summed E-state index contributed by atoms with van der Waals surface area (Å²) in [6, 6.07) is 4.73. The third kappa shape index (κ3) is 4.00. The molecular weight excluding hydrogens is 296 g/mol. The highest BCUT2D eigenvalue weighted by molar-refractivity contribution is 5.85. The summed E-state index contributed by atoms with van der Waals surface area (Å²) in [5, 5.41) is 4.87. The number of hydrogen-bond donors (Lipinski definition) is 2. The number of nitrogens with one attached hydrogen (secondary N) is 1. The van der Waals surface area contributed by atoms with Gasteiger partial charge in [0.25, 0.3) is 0 Å². The molecule has 132 valence electrons. The fourth-order valence-corrected chi connectivity index (χ4v) is 3.70. The number of benzene rings is 1. The molecule has 1 aliphatic heterocycles. The summed E-state index contributed by atoms with van der Waals surface area (Å²) < 4.78 is 2.41. The number of fused-ring (bicyclic) bond motifs is 1. The van der Waals surface area contributed by atoms with Gasteiger partial charge < -0.3 is 20.5 Å². The molecule has 1 fully saturated rings. The maximum Gasteiger partial charge on any atom is 0.0486 e. The maximum absolute atomic E-state index is 5.72. The van der Waals surface area contributed by atoms with Crippen LogP contribution in [0.5, 0.6) is 0 Å². The van der Waals surface area contributed by atoms with Crippen LogP contribution >= 0.6 is 0 Å². The van der Waals surface area contributed by atoms with Crippen molar-refractivity contribution in [2.75, 3.05) is 39.3 Å². The number of aryl methyl sites for hydroxylation is 4. The SMILES string of the molecule is Cc1cc2c(CCCN3CCNCC3)cn(CCCN)c2cc1C. The van der Waals surface area contributed by atoms with E-state index in [-0.39, 0.29) is 0 Å². The summed E-state index contributed by atoms with van der Waals surface area (Å²) in [4.78, 5) is 2.58. The van der Waals surface area contributed by atoms with Crippen molar-refractivity contribution in [1.82, 2.24) is 14.8 Å². The molecule has 0 saturated carbocycles. The molecule has 3 N–H and O–H groups in total. The van der Waals surface area contributed by atoms with Crippen LogP contribution in [0.4, 0.5) is 0 Å². The van der Waals surface area contributed by atoms with E-state index < -0.39 is 0 Å². The van der Waals surface area contributed by atoms with Gasteiger partial charge in [0.1, 0.15) is 0 Å². The van der Waals surface area contributed by atoms with Crippen LogP contribution < -0.4 is 11.1 Å². The fourth-order valence-electron chi connectivity index (χ4n) is 3.70. The van der Waals surface area contributed by atoms with Gasteiger partial charge in [-0.1, -0.05) is 0 Å². The first-order chi connectivity index (χ1) is 11.7. The Morgan fingerprint density at radius 1 is 1.04 bits per heavy atom. The van der Waals surface area contributed by atoms with Gasteiger partial charge in [-0.15, -0.1) is 0 Å². The summed E-state index contributed by atoms with van der Waals surface area (Å²) in [5.74, 6) is 0. The molecule has 24 heavy (non-hydrogen) atoms. The molecular formula is C20H32N4. The predicted octanol–water partition coefficient (Wildman–Crippen LogP) is 2.44. The van der Waals surface area contributed by atoms with E-state index in [1.807, 2.05) is 0 Å². The van der Waals surface area contributed by atoms with E-state index in [1.54, 1.807) is 0 Å². The number of nitrogens with zero attached hydrogens (tertiary/aromatic N) is 2. The van der Waals surface area contributed by atoms with Crippen molar-refractivity contribution < 1.29 is 0 Å². The zero-order valence-electron chi connectivity index (χ0n) is 15.3.